The largest absolute Gasteiger partial charge is 0.465 e. The Morgan fingerprint density at radius 2 is 1.73 bits per heavy atom. The van der Waals surface area contributed by atoms with Crippen LogP contribution in [-0.2, 0) is 4.74 Å². The first-order valence-corrected chi connectivity index (χ1v) is 8.90. The number of halogens is 1. The SMILES string of the molecule is COC(=O)c1ccc(C)c(NC(=O)c2cc(Br)cc3ccccc23)c1C. The van der Waals surface area contributed by atoms with Crippen molar-refractivity contribution in [1.82, 2.24) is 0 Å². The van der Waals surface area contributed by atoms with E-state index in [4.69, 9.17) is 4.74 Å². The highest BCUT2D eigenvalue weighted by molar-refractivity contribution is 9.10. The molecule has 1 amide bonds. The second-order valence-electron chi connectivity index (χ2n) is 6.05. The van der Waals surface area contributed by atoms with E-state index in [0.717, 1.165) is 20.8 Å². The quantitative estimate of drug-likeness (QED) is 0.598. The smallest absolute Gasteiger partial charge is 0.338 e. The number of amides is 1. The Kier molecular flexibility index (Phi) is 5.09. The van der Waals surface area contributed by atoms with E-state index in [1.54, 1.807) is 25.1 Å². The van der Waals surface area contributed by atoms with Crippen LogP contribution >= 0.6 is 15.9 Å². The summed E-state index contributed by atoms with van der Waals surface area (Å²) in [4.78, 5) is 24.9. The van der Waals surface area contributed by atoms with Crippen molar-refractivity contribution in [1.29, 1.82) is 0 Å². The summed E-state index contributed by atoms with van der Waals surface area (Å²) in [5.74, 6) is -0.651. The van der Waals surface area contributed by atoms with Crippen molar-refractivity contribution in [2.45, 2.75) is 13.8 Å². The molecule has 26 heavy (non-hydrogen) atoms. The molecule has 0 aromatic heterocycles. The van der Waals surface area contributed by atoms with Crippen LogP contribution in [0.5, 0.6) is 0 Å². The maximum Gasteiger partial charge on any atom is 0.338 e. The van der Waals surface area contributed by atoms with Gasteiger partial charge in [0.15, 0.2) is 0 Å². The van der Waals surface area contributed by atoms with Crippen LogP contribution in [0.2, 0.25) is 0 Å². The van der Waals surface area contributed by atoms with Crippen LogP contribution in [-0.4, -0.2) is 19.0 Å². The molecule has 0 bridgehead atoms. The molecule has 3 aromatic rings. The molecule has 3 rings (SSSR count). The molecular formula is C21H18BrNO3. The normalized spacial score (nSPS) is 10.6. The van der Waals surface area contributed by atoms with Crippen molar-refractivity contribution in [3.8, 4) is 0 Å². The molecule has 0 unspecified atom stereocenters. The van der Waals surface area contributed by atoms with Gasteiger partial charge in [0.1, 0.15) is 0 Å². The van der Waals surface area contributed by atoms with Gasteiger partial charge in [-0.15, -0.1) is 0 Å². The van der Waals surface area contributed by atoms with Crippen LogP contribution in [0.1, 0.15) is 31.8 Å². The third kappa shape index (κ3) is 3.35. The molecule has 0 radical (unpaired) electrons. The van der Waals surface area contributed by atoms with Gasteiger partial charge in [-0.1, -0.05) is 46.3 Å². The summed E-state index contributed by atoms with van der Waals surface area (Å²) in [6.07, 6.45) is 0. The molecular weight excluding hydrogens is 394 g/mol. The molecule has 0 aliphatic heterocycles. The fourth-order valence-corrected chi connectivity index (χ4v) is 3.49. The highest BCUT2D eigenvalue weighted by Gasteiger charge is 2.18. The monoisotopic (exact) mass is 411 g/mol. The van der Waals surface area contributed by atoms with Gasteiger partial charge in [0.2, 0.25) is 0 Å². The lowest BCUT2D eigenvalue weighted by molar-refractivity contribution is 0.0599. The average Bonchev–Trinajstić information content (AvgIpc) is 2.63. The number of hydrogen-bond acceptors (Lipinski definition) is 3. The molecule has 0 saturated carbocycles. The maximum atomic E-state index is 13.0. The minimum absolute atomic E-state index is 0.226. The Bertz CT molecular complexity index is 1030. The van der Waals surface area contributed by atoms with Crippen LogP contribution in [0.25, 0.3) is 10.8 Å². The van der Waals surface area contributed by atoms with E-state index in [2.05, 4.69) is 21.2 Å². The lowest BCUT2D eigenvalue weighted by Crippen LogP contribution is -2.16. The molecule has 4 nitrogen and oxygen atoms in total. The number of hydrogen-bond donors (Lipinski definition) is 1. The zero-order chi connectivity index (χ0) is 18.8. The lowest BCUT2D eigenvalue weighted by atomic mass is 10.0. The first-order chi connectivity index (χ1) is 12.4. The third-order valence-corrected chi connectivity index (χ3v) is 4.85. The second-order valence-corrected chi connectivity index (χ2v) is 6.97. The number of fused-ring (bicyclic) bond motifs is 1. The zero-order valence-electron chi connectivity index (χ0n) is 14.7. The minimum Gasteiger partial charge on any atom is -0.465 e. The highest BCUT2D eigenvalue weighted by Crippen LogP contribution is 2.28. The van der Waals surface area contributed by atoms with Gasteiger partial charge in [0, 0.05) is 15.7 Å². The van der Waals surface area contributed by atoms with Crippen molar-refractivity contribution in [2.75, 3.05) is 12.4 Å². The van der Waals surface area contributed by atoms with Gasteiger partial charge in [-0.2, -0.15) is 0 Å². The number of esters is 1. The molecule has 0 heterocycles. The van der Waals surface area contributed by atoms with Gasteiger partial charge < -0.3 is 10.1 Å². The molecule has 0 atom stereocenters. The number of aryl methyl sites for hydroxylation is 1. The van der Waals surface area contributed by atoms with Crippen molar-refractivity contribution < 1.29 is 14.3 Å². The average molecular weight is 412 g/mol. The van der Waals surface area contributed by atoms with Crippen LogP contribution < -0.4 is 5.32 Å². The Balaban J connectivity index is 2.06. The summed E-state index contributed by atoms with van der Waals surface area (Å²) < 4.78 is 5.65. The fraction of sp³-hybridized carbons (Fsp3) is 0.143. The zero-order valence-corrected chi connectivity index (χ0v) is 16.3. The van der Waals surface area contributed by atoms with Gasteiger partial charge in [-0.3, -0.25) is 4.79 Å². The Hall–Kier alpha value is -2.66. The summed E-state index contributed by atoms with van der Waals surface area (Å²) in [5, 5.41) is 4.81. The lowest BCUT2D eigenvalue weighted by Gasteiger charge is -2.15. The number of benzene rings is 3. The first kappa shape index (κ1) is 18.1. The summed E-state index contributed by atoms with van der Waals surface area (Å²) in [6.45, 7) is 3.69. The van der Waals surface area contributed by atoms with E-state index in [9.17, 15) is 9.59 Å². The Morgan fingerprint density at radius 3 is 2.46 bits per heavy atom. The number of carbonyl (C=O) groups is 2. The van der Waals surface area contributed by atoms with Gasteiger partial charge in [-0.25, -0.2) is 4.79 Å². The molecule has 132 valence electrons. The maximum absolute atomic E-state index is 13.0. The van der Waals surface area contributed by atoms with E-state index >= 15 is 0 Å². The van der Waals surface area contributed by atoms with Gasteiger partial charge >= 0.3 is 5.97 Å². The number of rotatable bonds is 3. The number of carbonyl (C=O) groups excluding carboxylic acids is 2. The Labute approximate surface area is 160 Å². The molecule has 3 aromatic carbocycles. The fourth-order valence-electron chi connectivity index (χ4n) is 3.01. The summed E-state index contributed by atoms with van der Waals surface area (Å²) in [6, 6.07) is 15.0. The molecule has 1 N–H and O–H groups in total. The highest BCUT2D eigenvalue weighted by atomic mass is 79.9. The molecule has 0 spiro atoms. The minimum atomic E-state index is -0.425. The first-order valence-electron chi connectivity index (χ1n) is 8.10. The van der Waals surface area contributed by atoms with Gasteiger partial charge in [0.25, 0.3) is 5.91 Å². The number of nitrogens with one attached hydrogen (secondary N) is 1. The standard InChI is InChI=1S/C21H18BrNO3/c1-12-8-9-16(21(25)26-3)13(2)19(12)23-20(24)18-11-15(22)10-14-6-4-5-7-17(14)18/h4-11H,1-3H3,(H,23,24). The predicted octanol–water partition coefficient (Wildman–Crippen LogP) is 5.26. The van der Waals surface area contributed by atoms with Crippen LogP contribution in [0.3, 0.4) is 0 Å². The summed E-state index contributed by atoms with van der Waals surface area (Å²) in [5.41, 5.74) is 3.19. The van der Waals surface area contributed by atoms with Crippen molar-refractivity contribution in [2.24, 2.45) is 0 Å². The van der Waals surface area contributed by atoms with Gasteiger partial charge in [0.05, 0.1) is 12.7 Å². The van der Waals surface area contributed by atoms with Crippen LogP contribution in [0.15, 0.2) is 53.0 Å². The Morgan fingerprint density at radius 1 is 1.00 bits per heavy atom. The number of anilines is 1. The second kappa shape index (κ2) is 7.30. The van der Waals surface area contributed by atoms with E-state index in [-0.39, 0.29) is 5.91 Å². The van der Waals surface area contributed by atoms with E-state index in [1.807, 2.05) is 37.3 Å². The molecule has 5 heteroatoms. The van der Waals surface area contributed by atoms with Crippen LogP contribution in [0, 0.1) is 13.8 Å². The van der Waals surface area contributed by atoms with E-state index in [1.165, 1.54) is 7.11 Å². The molecule has 0 saturated heterocycles. The molecule has 0 fully saturated rings. The van der Waals surface area contributed by atoms with E-state index in [0.29, 0.717) is 22.4 Å². The van der Waals surface area contributed by atoms with Crippen molar-refractivity contribution in [3.05, 3.63) is 75.3 Å². The molecule has 0 aliphatic carbocycles. The molecule has 0 aliphatic rings. The number of methoxy groups -OCH3 is 1. The van der Waals surface area contributed by atoms with Crippen LogP contribution in [0.4, 0.5) is 5.69 Å². The summed E-state index contributed by atoms with van der Waals surface area (Å²) in [7, 11) is 1.34. The number of ether oxygens (including phenoxy) is 1. The van der Waals surface area contributed by atoms with Gasteiger partial charge in [-0.05, 0) is 53.9 Å². The third-order valence-electron chi connectivity index (χ3n) is 4.39. The van der Waals surface area contributed by atoms with Crippen molar-refractivity contribution in [3.63, 3.8) is 0 Å². The van der Waals surface area contributed by atoms with E-state index < -0.39 is 5.97 Å². The summed E-state index contributed by atoms with van der Waals surface area (Å²) >= 11 is 3.46. The van der Waals surface area contributed by atoms with Crippen molar-refractivity contribution >= 4 is 44.3 Å². The topological polar surface area (TPSA) is 55.4 Å². The predicted molar refractivity (Wildman–Crippen MR) is 107 cm³/mol.